The molecule has 2 atom stereocenters. The maximum atomic E-state index is 12.5. The van der Waals surface area contributed by atoms with Gasteiger partial charge in [0.05, 0.1) is 5.02 Å². The van der Waals surface area contributed by atoms with Gasteiger partial charge in [-0.05, 0) is 32.1 Å². The van der Waals surface area contributed by atoms with Crippen LogP contribution in [-0.4, -0.2) is 53.9 Å². The molecule has 0 aromatic carbocycles. The summed E-state index contributed by atoms with van der Waals surface area (Å²) in [6.45, 7) is 3.54. The summed E-state index contributed by atoms with van der Waals surface area (Å²) in [6.07, 6.45) is 0. The number of pyridine rings is 1. The van der Waals surface area contributed by atoms with E-state index in [0.717, 1.165) is 0 Å². The van der Waals surface area contributed by atoms with Crippen molar-refractivity contribution in [1.29, 1.82) is 0 Å². The Labute approximate surface area is 123 Å². The maximum Gasteiger partial charge on any atom is 0.274 e. The van der Waals surface area contributed by atoms with E-state index in [1.807, 2.05) is 14.1 Å². The second-order valence-corrected chi connectivity index (χ2v) is 5.80. The molecule has 0 aliphatic carbocycles. The molecule has 0 saturated carbocycles. The molecular formula is C13H20ClN5O. The minimum atomic E-state index is -0.150. The fraction of sp³-hybridized carbons (Fsp3) is 0.538. The first kappa shape index (κ1) is 15.0. The van der Waals surface area contributed by atoms with E-state index in [1.54, 1.807) is 17.0 Å². The van der Waals surface area contributed by atoms with Gasteiger partial charge in [-0.1, -0.05) is 18.5 Å². The molecule has 1 aliphatic heterocycles. The van der Waals surface area contributed by atoms with Gasteiger partial charge in [0.2, 0.25) is 0 Å². The summed E-state index contributed by atoms with van der Waals surface area (Å²) >= 11 is 6.07. The summed E-state index contributed by atoms with van der Waals surface area (Å²) in [5, 5.41) is 0.343. The van der Waals surface area contributed by atoms with Crippen LogP contribution in [0, 0.1) is 5.92 Å². The van der Waals surface area contributed by atoms with Crippen LogP contribution in [0.25, 0.3) is 0 Å². The fourth-order valence-electron chi connectivity index (χ4n) is 2.61. The van der Waals surface area contributed by atoms with Crippen LogP contribution in [0.15, 0.2) is 12.1 Å². The van der Waals surface area contributed by atoms with Crippen LogP contribution in [0.5, 0.6) is 0 Å². The lowest BCUT2D eigenvalue weighted by Crippen LogP contribution is -2.36. The van der Waals surface area contributed by atoms with Crippen molar-refractivity contribution in [2.75, 3.05) is 32.6 Å². The molecular weight excluding hydrogens is 278 g/mol. The molecule has 2 rings (SSSR count). The topological polar surface area (TPSA) is 74.5 Å². The van der Waals surface area contributed by atoms with Gasteiger partial charge in [0, 0.05) is 19.1 Å². The van der Waals surface area contributed by atoms with Crippen molar-refractivity contribution in [3.05, 3.63) is 22.8 Å². The maximum absolute atomic E-state index is 12.5. The normalized spacial score (nSPS) is 22.4. The third-order valence-corrected chi connectivity index (χ3v) is 4.02. The van der Waals surface area contributed by atoms with Crippen molar-refractivity contribution in [3.63, 3.8) is 0 Å². The Kier molecular flexibility index (Phi) is 4.47. The molecule has 1 aromatic heterocycles. The van der Waals surface area contributed by atoms with Crippen LogP contribution in [0.1, 0.15) is 17.4 Å². The number of halogens is 1. The number of nitrogens with two attached hydrogens (primary N) is 1. The van der Waals surface area contributed by atoms with E-state index in [0.29, 0.717) is 35.9 Å². The Hall–Kier alpha value is -1.37. The number of anilines is 1. The van der Waals surface area contributed by atoms with Crippen LogP contribution in [0.2, 0.25) is 5.02 Å². The highest BCUT2D eigenvalue weighted by Crippen LogP contribution is 2.24. The lowest BCUT2D eigenvalue weighted by molar-refractivity contribution is 0.0776. The molecule has 1 aromatic rings. The average molecular weight is 298 g/mol. The number of hydrogen-bond acceptors (Lipinski definition) is 5. The van der Waals surface area contributed by atoms with Crippen molar-refractivity contribution < 1.29 is 4.79 Å². The number of hydrazine groups is 1. The van der Waals surface area contributed by atoms with E-state index in [4.69, 9.17) is 17.4 Å². The smallest absolute Gasteiger partial charge is 0.274 e. The van der Waals surface area contributed by atoms with Crippen LogP contribution in [-0.2, 0) is 0 Å². The number of aromatic nitrogens is 1. The number of nitrogen functional groups attached to an aromatic ring is 1. The van der Waals surface area contributed by atoms with Gasteiger partial charge in [0.15, 0.2) is 0 Å². The van der Waals surface area contributed by atoms with E-state index in [1.165, 1.54) is 0 Å². The van der Waals surface area contributed by atoms with Crippen LogP contribution in [0.3, 0.4) is 0 Å². The Morgan fingerprint density at radius 2 is 2.20 bits per heavy atom. The predicted molar refractivity (Wildman–Crippen MR) is 79.6 cm³/mol. The summed E-state index contributed by atoms with van der Waals surface area (Å²) in [7, 11) is 4.05. The highest BCUT2D eigenvalue weighted by molar-refractivity contribution is 6.33. The Morgan fingerprint density at radius 1 is 1.50 bits per heavy atom. The van der Waals surface area contributed by atoms with Crippen molar-refractivity contribution in [2.24, 2.45) is 11.8 Å². The first-order valence-electron chi connectivity index (χ1n) is 6.53. The van der Waals surface area contributed by atoms with Crippen LogP contribution < -0.4 is 11.3 Å². The molecule has 7 heteroatoms. The average Bonchev–Trinajstić information content (AvgIpc) is 2.81. The van der Waals surface area contributed by atoms with Gasteiger partial charge in [0.1, 0.15) is 11.5 Å². The third-order valence-electron chi connectivity index (χ3n) is 3.72. The molecule has 2 heterocycles. The summed E-state index contributed by atoms with van der Waals surface area (Å²) in [6, 6.07) is 3.61. The van der Waals surface area contributed by atoms with Crippen LogP contribution >= 0.6 is 11.6 Å². The number of nitrogens with one attached hydrogen (secondary N) is 1. The van der Waals surface area contributed by atoms with Gasteiger partial charge in [-0.3, -0.25) is 4.79 Å². The molecule has 1 aliphatic rings. The highest BCUT2D eigenvalue weighted by Gasteiger charge is 2.35. The zero-order valence-electron chi connectivity index (χ0n) is 11.9. The summed E-state index contributed by atoms with van der Waals surface area (Å²) in [5.74, 6) is 6.01. The summed E-state index contributed by atoms with van der Waals surface area (Å²) in [4.78, 5) is 20.6. The molecule has 110 valence electrons. The lowest BCUT2D eigenvalue weighted by atomic mass is 10.1. The fourth-order valence-corrected chi connectivity index (χ4v) is 2.80. The lowest BCUT2D eigenvalue weighted by Gasteiger charge is -2.22. The molecule has 2 unspecified atom stereocenters. The Balaban J connectivity index is 2.20. The van der Waals surface area contributed by atoms with Gasteiger partial charge in [-0.2, -0.15) is 0 Å². The van der Waals surface area contributed by atoms with Crippen molar-refractivity contribution in [1.82, 2.24) is 14.8 Å². The van der Waals surface area contributed by atoms with Crippen molar-refractivity contribution in [3.8, 4) is 0 Å². The molecule has 3 N–H and O–H groups in total. The second kappa shape index (κ2) is 5.95. The van der Waals surface area contributed by atoms with Gasteiger partial charge >= 0.3 is 0 Å². The summed E-state index contributed by atoms with van der Waals surface area (Å²) in [5.41, 5.74) is 2.67. The van der Waals surface area contributed by atoms with Crippen molar-refractivity contribution in [2.45, 2.75) is 13.0 Å². The quantitative estimate of drug-likeness (QED) is 0.644. The first-order valence-corrected chi connectivity index (χ1v) is 6.90. The molecule has 6 nitrogen and oxygen atoms in total. The number of hydrogen-bond donors (Lipinski definition) is 2. The number of nitrogens with zero attached hydrogens (tertiary/aromatic N) is 3. The molecule has 0 radical (unpaired) electrons. The summed E-state index contributed by atoms with van der Waals surface area (Å²) < 4.78 is 0. The number of likely N-dealkylation sites (tertiary alicyclic amines) is 1. The van der Waals surface area contributed by atoms with Crippen LogP contribution in [0.4, 0.5) is 5.82 Å². The zero-order chi connectivity index (χ0) is 14.9. The number of likely N-dealkylation sites (N-methyl/N-ethyl adjacent to an activating group) is 1. The van der Waals surface area contributed by atoms with Gasteiger partial charge in [-0.25, -0.2) is 10.8 Å². The first-order chi connectivity index (χ1) is 9.43. The Morgan fingerprint density at radius 3 is 2.75 bits per heavy atom. The number of carbonyl (C=O) groups excluding carboxylic acids is 1. The zero-order valence-corrected chi connectivity index (χ0v) is 12.7. The standard InChI is InChI=1S/C13H20ClN5O/c1-8-6-19(7-10(8)18(2)3)13(20)12-9(14)4-5-11(16-12)17-15/h4-5,8,10H,6-7,15H2,1-3H3,(H,16,17). The predicted octanol–water partition coefficient (Wildman–Crippen LogP) is 1.04. The number of carbonyl (C=O) groups is 1. The monoisotopic (exact) mass is 297 g/mol. The third kappa shape index (κ3) is 2.87. The van der Waals surface area contributed by atoms with E-state index in [9.17, 15) is 4.79 Å². The molecule has 1 amide bonds. The largest absolute Gasteiger partial charge is 0.335 e. The minimum absolute atomic E-state index is 0.150. The second-order valence-electron chi connectivity index (χ2n) is 5.39. The van der Waals surface area contributed by atoms with Crippen molar-refractivity contribution >= 4 is 23.3 Å². The van der Waals surface area contributed by atoms with Gasteiger partial charge < -0.3 is 15.2 Å². The van der Waals surface area contributed by atoms with E-state index in [-0.39, 0.29) is 11.6 Å². The minimum Gasteiger partial charge on any atom is -0.335 e. The van der Waals surface area contributed by atoms with E-state index < -0.39 is 0 Å². The van der Waals surface area contributed by atoms with Gasteiger partial charge in [-0.15, -0.1) is 0 Å². The highest BCUT2D eigenvalue weighted by atomic mass is 35.5. The van der Waals surface area contributed by atoms with Gasteiger partial charge in [0.25, 0.3) is 5.91 Å². The SMILES string of the molecule is CC1CN(C(=O)c2nc(NN)ccc2Cl)CC1N(C)C. The molecule has 1 fully saturated rings. The number of rotatable bonds is 3. The molecule has 20 heavy (non-hydrogen) atoms. The van der Waals surface area contributed by atoms with E-state index in [2.05, 4.69) is 22.2 Å². The molecule has 0 spiro atoms. The number of amides is 1. The molecule has 1 saturated heterocycles. The Bertz CT molecular complexity index is 508. The molecule has 0 bridgehead atoms. The van der Waals surface area contributed by atoms with E-state index >= 15 is 0 Å².